The zero-order chi connectivity index (χ0) is 23.4. The highest BCUT2D eigenvalue weighted by Crippen LogP contribution is 2.38. The summed E-state index contributed by atoms with van der Waals surface area (Å²) in [6.07, 6.45) is 8.65. The van der Waals surface area contributed by atoms with Crippen LogP contribution in [0.4, 0.5) is 5.69 Å². The van der Waals surface area contributed by atoms with Gasteiger partial charge in [-0.1, -0.05) is 12.1 Å². The van der Waals surface area contributed by atoms with Gasteiger partial charge in [-0.2, -0.15) is 0 Å². The number of rotatable bonds is 7. The summed E-state index contributed by atoms with van der Waals surface area (Å²) in [4.78, 5) is 21.4. The van der Waals surface area contributed by atoms with Crippen molar-refractivity contribution >= 4 is 23.4 Å². The number of anilines is 1. The summed E-state index contributed by atoms with van der Waals surface area (Å²) in [6, 6.07) is 11.2. The molecule has 168 valence electrons. The largest absolute Gasteiger partial charge is 0.493 e. The molecule has 0 unspecified atom stereocenters. The minimum Gasteiger partial charge on any atom is -0.493 e. The lowest BCUT2D eigenvalue weighted by Crippen LogP contribution is -2.09. The number of fused-ring (bicyclic) bond motifs is 1. The second-order valence-corrected chi connectivity index (χ2v) is 7.26. The maximum Gasteiger partial charge on any atom is 0.248 e. The van der Waals surface area contributed by atoms with Gasteiger partial charge >= 0.3 is 0 Å². The van der Waals surface area contributed by atoms with Crippen molar-refractivity contribution in [2.24, 2.45) is 0 Å². The Labute approximate surface area is 191 Å². The van der Waals surface area contributed by atoms with Crippen LogP contribution in [0, 0.1) is 6.92 Å². The predicted octanol–water partition coefficient (Wildman–Crippen LogP) is 4.38. The highest BCUT2D eigenvalue weighted by atomic mass is 16.5. The van der Waals surface area contributed by atoms with Gasteiger partial charge in [-0.15, -0.1) is 0 Å². The van der Waals surface area contributed by atoms with Crippen LogP contribution in [-0.4, -0.2) is 41.6 Å². The normalized spacial score (nSPS) is 11.0. The standard InChI is InChI=1S/C25H24N4O4/c1-16-6-8-18(20-15-29-11-5-10-26-25(29)28-20)14-19(16)27-23(30)9-7-17-12-21(31-2)24(33-4)22(13-17)32-3/h5-15H,1-4H3,(H,27,30)/b9-7+. The van der Waals surface area contributed by atoms with E-state index in [2.05, 4.69) is 15.3 Å². The summed E-state index contributed by atoms with van der Waals surface area (Å²) in [5, 5.41) is 2.94. The zero-order valence-corrected chi connectivity index (χ0v) is 18.8. The van der Waals surface area contributed by atoms with Gasteiger partial charge in [0.15, 0.2) is 11.5 Å². The lowest BCUT2D eigenvalue weighted by Gasteiger charge is -2.13. The summed E-state index contributed by atoms with van der Waals surface area (Å²) < 4.78 is 17.9. The van der Waals surface area contributed by atoms with Gasteiger partial charge in [-0.25, -0.2) is 9.97 Å². The molecule has 0 bridgehead atoms. The Hall–Kier alpha value is -4.33. The summed E-state index contributed by atoms with van der Waals surface area (Å²) >= 11 is 0. The summed E-state index contributed by atoms with van der Waals surface area (Å²) in [7, 11) is 4.64. The van der Waals surface area contributed by atoms with Crippen molar-refractivity contribution in [3.8, 4) is 28.5 Å². The lowest BCUT2D eigenvalue weighted by atomic mass is 10.1. The molecular formula is C25H24N4O4. The van der Waals surface area contributed by atoms with Crippen LogP contribution in [-0.2, 0) is 4.79 Å². The lowest BCUT2D eigenvalue weighted by molar-refractivity contribution is -0.111. The number of hydrogen-bond donors (Lipinski definition) is 1. The fourth-order valence-electron chi connectivity index (χ4n) is 3.43. The van der Waals surface area contributed by atoms with Crippen molar-refractivity contribution < 1.29 is 19.0 Å². The van der Waals surface area contributed by atoms with Crippen molar-refractivity contribution in [1.82, 2.24) is 14.4 Å². The number of ether oxygens (including phenoxy) is 3. The minimum absolute atomic E-state index is 0.263. The van der Waals surface area contributed by atoms with Crippen LogP contribution in [0.1, 0.15) is 11.1 Å². The van der Waals surface area contributed by atoms with E-state index < -0.39 is 0 Å². The highest BCUT2D eigenvalue weighted by Gasteiger charge is 2.13. The number of benzene rings is 2. The second-order valence-electron chi connectivity index (χ2n) is 7.26. The third kappa shape index (κ3) is 4.64. The monoisotopic (exact) mass is 444 g/mol. The number of nitrogens with one attached hydrogen (secondary N) is 1. The average Bonchev–Trinajstić information content (AvgIpc) is 3.27. The molecule has 4 rings (SSSR count). The van der Waals surface area contributed by atoms with Crippen molar-refractivity contribution in [2.45, 2.75) is 6.92 Å². The smallest absolute Gasteiger partial charge is 0.248 e. The van der Waals surface area contributed by atoms with E-state index in [4.69, 9.17) is 14.2 Å². The predicted molar refractivity (Wildman–Crippen MR) is 127 cm³/mol. The van der Waals surface area contributed by atoms with Crippen LogP contribution in [0.2, 0.25) is 0 Å². The Morgan fingerprint density at radius 1 is 1.06 bits per heavy atom. The maximum absolute atomic E-state index is 12.6. The number of methoxy groups -OCH3 is 3. The first-order valence-electron chi connectivity index (χ1n) is 10.2. The van der Waals surface area contributed by atoms with Gasteiger partial charge in [-0.05, 0) is 48.4 Å². The molecule has 2 aromatic carbocycles. The number of amides is 1. The number of aromatic nitrogens is 3. The Morgan fingerprint density at radius 3 is 2.48 bits per heavy atom. The molecule has 0 radical (unpaired) electrons. The molecule has 33 heavy (non-hydrogen) atoms. The molecule has 0 atom stereocenters. The summed E-state index contributed by atoms with van der Waals surface area (Å²) in [6.45, 7) is 1.94. The molecule has 0 saturated heterocycles. The fraction of sp³-hybridized carbons (Fsp3) is 0.160. The molecule has 0 fully saturated rings. The zero-order valence-electron chi connectivity index (χ0n) is 18.8. The highest BCUT2D eigenvalue weighted by molar-refractivity contribution is 6.02. The van der Waals surface area contributed by atoms with Crippen LogP contribution in [0.25, 0.3) is 23.1 Å². The fourth-order valence-corrected chi connectivity index (χ4v) is 3.43. The molecule has 2 aromatic heterocycles. The van der Waals surface area contributed by atoms with Crippen LogP contribution < -0.4 is 19.5 Å². The van der Waals surface area contributed by atoms with Crippen molar-refractivity contribution in [2.75, 3.05) is 26.6 Å². The molecule has 0 spiro atoms. The number of carbonyl (C=O) groups is 1. The van der Waals surface area contributed by atoms with Crippen LogP contribution in [0.5, 0.6) is 17.2 Å². The van der Waals surface area contributed by atoms with Gasteiger partial charge < -0.3 is 19.5 Å². The Kier molecular flexibility index (Phi) is 6.26. The Morgan fingerprint density at radius 2 is 1.82 bits per heavy atom. The summed E-state index contributed by atoms with van der Waals surface area (Å²) in [5.74, 6) is 1.88. The average molecular weight is 444 g/mol. The molecule has 8 nitrogen and oxygen atoms in total. The molecule has 0 saturated carbocycles. The molecular weight excluding hydrogens is 420 g/mol. The molecule has 2 heterocycles. The van der Waals surface area contributed by atoms with Gasteiger partial charge in [-0.3, -0.25) is 9.20 Å². The number of carbonyl (C=O) groups excluding carboxylic acids is 1. The number of imidazole rings is 1. The molecule has 0 aliphatic rings. The van der Waals surface area contributed by atoms with Gasteiger partial charge in [0.05, 0.1) is 27.0 Å². The second kappa shape index (κ2) is 9.44. The van der Waals surface area contributed by atoms with Crippen molar-refractivity contribution in [3.63, 3.8) is 0 Å². The molecule has 0 aliphatic heterocycles. The van der Waals surface area contributed by atoms with Gasteiger partial charge in [0.2, 0.25) is 17.4 Å². The first-order chi connectivity index (χ1) is 16.0. The minimum atomic E-state index is -0.263. The van der Waals surface area contributed by atoms with Crippen molar-refractivity contribution in [1.29, 1.82) is 0 Å². The van der Waals surface area contributed by atoms with Crippen LogP contribution in [0.3, 0.4) is 0 Å². The topological polar surface area (TPSA) is 87.0 Å². The van der Waals surface area contributed by atoms with Gasteiger partial charge in [0.25, 0.3) is 0 Å². The molecule has 4 aromatic rings. The first kappa shape index (κ1) is 21.9. The molecule has 0 aliphatic carbocycles. The maximum atomic E-state index is 12.6. The number of hydrogen-bond acceptors (Lipinski definition) is 6. The quantitative estimate of drug-likeness (QED) is 0.426. The van der Waals surface area contributed by atoms with E-state index in [9.17, 15) is 4.79 Å². The molecule has 8 heteroatoms. The van der Waals surface area contributed by atoms with Crippen LogP contribution >= 0.6 is 0 Å². The van der Waals surface area contributed by atoms with E-state index in [0.29, 0.717) is 28.7 Å². The number of nitrogens with zero attached hydrogens (tertiary/aromatic N) is 3. The SMILES string of the molecule is COc1cc(/C=C/C(=O)Nc2cc(-c3cn4cccnc4n3)ccc2C)cc(OC)c1OC. The van der Waals surface area contributed by atoms with Gasteiger partial charge in [0, 0.05) is 35.9 Å². The van der Waals surface area contributed by atoms with Gasteiger partial charge in [0.1, 0.15) is 0 Å². The first-order valence-corrected chi connectivity index (χ1v) is 10.2. The third-order valence-electron chi connectivity index (χ3n) is 5.14. The Balaban J connectivity index is 1.55. The Bertz CT molecular complexity index is 1290. The third-order valence-corrected chi connectivity index (χ3v) is 5.14. The van der Waals surface area contributed by atoms with E-state index >= 15 is 0 Å². The van der Waals surface area contributed by atoms with E-state index in [1.807, 2.05) is 48.0 Å². The summed E-state index contributed by atoms with van der Waals surface area (Å²) in [5.41, 5.74) is 4.04. The van der Waals surface area contributed by atoms with Crippen LogP contribution in [0.15, 0.2) is 61.1 Å². The van der Waals surface area contributed by atoms with E-state index in [1.54, 1.807) is 45.7 Å². The van der Waals surface area contributed by atoms with E-state index in [0.717, 1.165) is 22.4 Å². The number of aryl methyl sites for hydroxylation is 1. The molecule has 1 N–H and O–H groups in total. The van der Waals surface area contributed by atoms with E-state index in [1.165, 1.54) is 6.08 Å². The van der Waals surface area contributed by atoms with E-state index in [-0.39, 0.29) is 5.91 Å². The van der Waals surface area contributed by atoms with Crippen molar-refractivity contribution in [3.05, 3.63) is 72.2 Å². The molecule has 1 amide bonds.